The molecule has 0 saturated carbocycles. The van der Waals surface area contributed by atoms with Gasteiger partial charge in [-0.15, -0.1) is 23.7 Å². The van der Waals surface area contributed by atoms with Gasteiger partial charge in [-0.05, 0) is 39.9 Å². The molecule has 1 atom stereocenters. The lowest BCUT2D eigenvalue weighted by molar-refractivity contribution is 0.331. The Hall–Kier alpha value is 0.430. The first-order valence-electron chi connectivity index (χ1n) is 4.34. The lowest BCUT2D eigenvalue weighted by atomic mass is 9.86. The van der Waals surface area contributed by atoms with E-state index in [0.29, 0.717) is 0 Å². The molecule has 1 nitrogen and oxygen atoms in total. The van der Waals surface area contributed by atoms with Gasteiger partial charge in [0.05, 0.1) is 3.79 Å². The van der Waals surface area contributed by atoms with Crippen molar-refractivity contribution in [1.29, 1.82) is 0 Å². The van der Waals surface area contributed by atoms with E-state index < -0.39 is 0 Å². The van der Waals surface area contributed by atoms with Crippen LogP contribution >= 0.6 is 39.7 Å². The molecule has 1 aromatic rings. The molecule has 0 radical (unpaired) electrons. The van der Waals surface area contributed by atoms with Crippen LogP contribution in [-0.4, -0.2) is 0 Å². The van der Waals surface area contributed by atoms with Crippen molar-refractivity contribution in [2.75, 3.05) is 0 Å². The molecule has 0 aliphatic heterocycles. The number of thiophene rings is 1. The molecule has 1 rings (SSSR count). The maximum atomic E-state index is 6.14. The molecular weight excluding hydrogens is 282 g/mol. The molecule has 82 valence electrons. The zero-order valence-electron chi connectivity index (χ0n) is 8.93. The van der Waals surface area contributed by atoms with Gasteiger partial charge >= 0.3 is 0 Å². The van der Waals surface area contributed by atoms with Gasteiger partial charge < -0.3 is 5.73 Å². The molecule has 0 saturated heterocycles. The highest BCUT2D eigenvalue weighted by Gasteiger charge is 2.24. The van der Waals surface area contributed by atoms with Crippen LogP contribution in [0.3, 0.4) is 0 Å². The number of hydrogen-bond acceptors (Lipinski definition) is 2. The Labute approximate surface area is 105 Å². The predicted octanol–water partition coefficient (Wildman–Crippen LogP) is 4.29. The van der Waals surface area contributed by atoms with Crippen LogP contribution in [0.15, 0.2) is 9.85 Å². The first-order valence-corrected chi connectivity index (χ1v) is 5.94. The summed E-state index contributed by atoms with van der Waals surface area (Å²) >= 11 is 5.26. The zero-order chi connectivity index (χ0) is 10.2. The van der Waals surface area contributed by atoms with Crippen LogP contribution < -0.4 is 5.73 Å². The maximum Gasteiger partial charge on any atom is 0.0731 e. The molecule has 0 fully saturated rings. The minimum absolute atomic E-state index is 0. The zero-order valence-corrected chi connectivity index (χ0v) is 12.1. The van der Waals surface area contributed by atoms with Gasteiger partial charge in [0, 0.05) is 10.9 Å². The molecule has 2 N–H and O–H groups in total. The number of nitrogens with two attached hydrogens (primary N) is 1. The normalized spacial score (nSPS) is 13.6. The monoisotopic (exact) mass is 297 g/mol. The summed E-state index contributed by atoms with van der Waals surface area (Å²) in [6, 6.07) is 2.30. The summed E-state index contributed by atoms with van der Waals surface area (Å²) in [6.07, 6.45) is 0. The Morgan fingerprint density at radius 3 is 2.21 bits per heavy atom. The molecule has 1 heterocycles. The SMILES string of the molecule is Cc1cc([C@@H](N)C(C)(C)C)sc1Br.Cl. The molecule has 0 spiro atoms. The van der Waals surface area contributed by atoms with E-state index in [1.165, 1.54) is 14.2 Å². The van der Waals surface area contributed by atoms with Crippen molar-refractivity contribution in [3.05, 3.63) is 20.3 Å². The van der Waals surface area contributed by atoms with Gasteiger partial charge in [0.25, 0.3) is 0 Å². The van der Waals surface area contributed by atoms with Crippen molar-refractivity contribution in [2.24, 2.45) is 11.1 Å². The molecule has 1 aromatic heterocycles. The molecule has 0 aliphatic rings. The Balaban J connectivity index is 0.00000169. The van der Waals surface area contributed by atoms with E-state index in [2.05, 4.69) is 49.7 Å². The van der Waals surface area contributed by atoms with Gasteiger partial charge in [0.15, 0.2) is 0 Å². The largest absolute Gasteiger partial charge is 0.323 e. The van der Waals surface area contributed by atoms with Crippen molar-refractivity contribution in [2.45, 2.75) is 33.7 Å². The van der Waals surface area contributed by atoms with Crippen LogP contribution in [-0.2, 0) is 0 Å². The van der Waals surface area contributed by atoms with Crippen LogP contribution in [0, 0.1) is 12.3 Å². The third kappa shape index (κ3) is 3.23. The van der Waals surface area contributed by atoms with E-state index >= 15 is 0 Å². The van der Waals surface area contributed by atoms with Crippen LogP contribution in [0.2, 0.25) is 0 Å². The standard InChI is InChI=1S/C10H16BrNS.ClH/c1-6-5-7(13-9(6)11)8(12)10(2,3)4;/h5,8H,12H2,1-4H3;1H/t8-;/m1./s1. The second-order valence-electron chi connectivity index (χ2n) is 4.45. The fraction of sp³-hybridized carbons (Fsp3) is 0.600. The van der Waals surface area contributed by atoms with E-state index in [1.54, 1.807) is 11.3 Å². The van der Waals surface area contributed by atoms with Crippen LogP contribution in [0.4, 0.5) is 0 Å². The molecule has 0 aromatic carbocycles. The van der Waals surface area contributed by atoms with Crippen LogP contribution in [0.1, 0.15) is 37.3 Å². The highest BCUT2D eigenvalue weighted by atomic mass is 79.9. The Morgan fingerprint density at radius 2 is 1.93 bits per heavy atom. The Morgan fingerprint density at radius 1 is 1.43 bits per heavy atom. The summed E-state index contributed by atoms with van der Waals surface area (Å²) in [6.45, 7) is 8.60. The number of rotatable bonds is 1. The first kappa shape index (κ1) is 14.4. The smallest absolute Gasteiger partial charge is 0.0731 e. The molecule has 0 amide bonds. The van der Waals surface area contributed by atoms with Crippen molar-refractivity contribution >= 4 is 39.7 Å². The highest BCUT2D eigenvalue weighted by Crippen LogP contribution is 2.37. The number of halogens is 2. The predicted molar refractivity (Wildman–Crippen MR) is 70.4 cm³/mol. The minimum Gasteiger partial charge on any atom is -0.323 e. The van der Waals surface area contributed by atoms with E-state index in [1.807, 2.05) is 0 Å². The van der Waals surface area contributed by atoms with Gasteiger partial charge in [-0.3, -0.25) is 0 Å². The maximum absolute atomic E-state index is 6.14. The van der Waals surface area contributed by atoms with Crippen molar-refractivity contribution in [1.82, 2.24) is 0 Å². The summed E-state index contributed by atoms with van der Waals surface area (Å²) in [5.41, 5.74) is 7.56. The lowest BCUT2D eigenvalue weighted by Crippen LogP contribution is -2.25. The lowest BCUT2D eigenvalue weighted by Gasteiger charge is -2.25. The Bertz CT molecular complexity index is 284. The summed E-state index contributed by atoms with van der Waals surface area (Å²) in [4.78, 5) is 1.26. The third-order valence-electron chi connectivity index (χ3n) is 2.12. The number of hydrogen-bond donors (Lipinski definition) is 1. The van der Waals surface area contributed by atoms with Gasteiger partial charge in [-0.1, -0.05) is 20.8 Å². The van der Waals surface area contributed by atoms with Gasteiger partial charge in [0.1, 0.15) is 0 Å². The average Bonchev–Trinajstić information content (AvgIpc) is 2.29. The quantitative estimate of drug-likeness (QED) is 0.822. The minimum atomic E-state index is 0. The summed E-state index contributed by atoms with van der Waals surface area (Å²) < 4.78 is 1.20. The van der Waals surface area contributed by atoms with E-state index in [9.17, 15) is 0 Å². The van der Waals surface area contributed by atoms with Crippen molar-refractivity contribution in [3.8, 4) is 0 Å². The molecule has 4 heteroatoms. The van der Waals surface area contributed by atoms with E-state index in [4.69, 9.17) is 5.73 Å². The molecule has 0 unspecified atom stereocenters. The Kier molecular flexibility index (Phi) is 5.12. The highest BCUT2D eigenvalue weighted by molar-refractivity contribution is 9.11. The van der Waals surface area contributed by atoms with Gasteiger partial charge in [-0.25, -0.2) is 0 Å². The van der Waals surface area contributed by atoms with Crippen molar-refractivity contribution in [3.63, 3.8) is 0 Å². The van der Waals surface area contributed by atoms with Gasteiger partial charge in [0.2, 0.25) is 0 Å². The molecule has 0 aliphatic carbocycles. The fourth-order valence-corrected chi connectivity index (χ4v) is 2.88. The van der Waals surface area contributed by atoms with Crippen molar-refractivity contribution < 1.29 is 0 Å². The van der Waals surface area contributed by atoms with Crippen LogP contribution in [0.25, 0.3) is 0 Å². The van der Waals surface area contributed by atoms with E-state index in [-0.39, 0.29) is 23.9 Å². The molecule has 14 heavy (non-hydrogen) atoms. The average molecular weight is 299 g/mol. The van der Waals surface area contributed by atoms with Crippen LogP contribution in [0.5, 0.6) is 0 Å². The fourth-order valence-electron chi connectivity index (χ4n) is 1.06. The summed E-state index contributed by atoms with van der Waals surface area (Å²) in [5, 5.41) is 0. The van der Waals surface area contributed by atoms with E-state index in [0.717, 1.165) is 0 Å². The molecular formula is C10H17BrClNS. The first-order chi connectivity index (χ1) is 5.82. The summed E-state index contributed by atoms with van der Waals surface area (Å²) in [7, 11) is 0. The van der Waals surface area contributed by atoms with Gasteiger partial charge in [-0.2, -0.15) is 0 Å². The second kappa shape index (κ2) is 4.97. The second-order valence-corrected chi connectivity index (χ2v) is 6.85. The number of aryl methyl sites for hydroxylation is 1. The topological polar surface area (TPSA) is 26.0 Å². The summed E-state index contributed by atoms with van der Waals surface area (Å²) in [5.74, 6) is 0. The molecule has 0 bridgehead atoms. The third-order valence-corrected chi connectivity index (χ3v) is 4.34.